The number of carbonyl (C=O) groups excluding carboxylic acids is 4. The van der Waals surface area contributed by atoms with Crippen molar-refractivity contribution in [3.63, 3.8) is 0 Å². The van der Waals surface area contributed by atoms with E-state index in [9.17, 15) is 32.3 Å². The lowest BCUT2D eigenvalue weighted by atomic mass is 9.95. The Balaban J connectivity index is 1.12. The fourth-order valence-electron chi connectivity index (χ4n) is 4.95. The number of rotatable bonds is 7. The SMILES string of the molecule is O=C(CNc1ccc(C2(C(F)(F)F)CC2)cc1)NCc1ccc2c(c1)CN([C@H]1CCC(=O)NC1=O)C2=O. The van der Waals surface area contributed by atoms with Gasteiger partial charge in [-0.15, -0.1) is 0 Å². The number of hydrogen-bond acceptors (Lipinski definition) is 5. The third-order valence-electron chi connectivity index (χ3n) is 7.26. The molecule has 11 heteroatoms. The van der Waals surface area contributed by atoms with E-state index in [1.807, 2.05) is 0 Å². The van der Waals surface area contributed by atoms with E-state index in [0.717, 1.165) is 11.1 Å². The van der Waals surface area contributed by atoms with Crippen molar-refractivity contribution in [1.29, 1.82) is 0 Å². The van der Waals surface area contributed by atoms with Gasteiger partial charge in [0.05, 0.1) is 12.0 Å². The van der Waals surface area contributed by atoms with Gasteiger partial charge in [-0.2, -0.15) is 13.2 Å². The molecule has 5 rings (SSSR count). The van der Waals surface area contributed by atoms with Crippen molar-refractivity contribution in [2.75, 3.05) is 11.9 Å². The fourth-order valence-corrected chi connectivity index (χ4v) is 4.95. The predicted molar refractivity (Wildman–Crippen MR) is 126 cm³/mol. The van der Waals surface area contributed by atoms with Gasteiger partial charge < -0.3 is 15.5 Å². The quantitative estimate of drug-likeness (QED) is 0.493. The summed E-state index contributed by atoms with van der Waals surface area (Å²) in [5.41, 5.74) is 1.05. The molecule has 2 aromatic carbocycles. The lowest BCUT2D eigenvalue weighted by molar-refractivity contribution is -0.160. The molecular formula is C26H25F3N4O4. The second-order valence-corrected chi connectivity index (χ2v) is 9.68. The maximum absolute atomic E-state index is 13.3. The molecule has 2 fully saturated rings. The van der Waals surface area contributed by atoms with Crippen molar-refractivity contribution in [3.8, 4) is 0 Å². The first-order valence-corrected chi connectivity index (χ1v) is 12.0. The number of anilines is 1. The summed E-state index contributed by atoms with van der Waals surface area (Å²) in [4.78, 5) is 50.1. The average Bonchev–Trinajstić information content (AvgIpc) is 3.62. The molecule has 3 N–H and O–H groups in total. The number of hydrogen-bond donors (Lipinski definition) is 3. The first-order chi connectivity index (χ1) is 17.6. The summed E-state index contributed by atoms with van der Waals surface area (Å²) in [7, 11) is 0. The molecule has 0 unspecified atom stereocenters. The molecule has 1 saturated carbocycles. The molecule has 0 aromatic heterocycles. The second kappa shape index (κ2) is 9.20. The van der Waals surface area contributed by atoms with Crippen LogP contribution in [0.25, 0.3) is 0 Å². The molecule has 37 heavy (non-hydrogen) atoms. The Bertz CT molecular complexity index is 1270. The van der Waals surface area contributed by atoms with Gasteiger partial charge in [-0.3, -0.25) is 24.5 Å². The number of fused-ring (bicyclic) bond motifs is 1. The van der Waals surface area contributed by atoms with Gasteiger partial charge in [-0.25, -0.2) is 0 Å². The molecular weight excluding hydrogens is 489 g/mol. The van der Waals surface area contributed by atoms with Crippen LogP contribution in [0.4, 0.5) is 18.9 Å². The van der Waals surface area contributed by atoms with E-state index < -0.39 is 23.5 Å². The molecule has 1 aliphatic carbocycles. The highest BCUT2D eigenvalue weighted by Crippen LogP contribution is 2.58. The lowest BCUT2D eigenvalue weighted by Gasteiger charge is -2.29. The summed E-state index contributed by atoms with van der Waals surface area (Å²) in [6, 6.07) is 10.5. The zero-order valence-electron chi connectivity index (χ0n) is 19.8. The molecule has 2 aliphatic heterocycles. The summed E-state index contributed by atoms with van der Waals surface area (Å²) in [6.45, 7) is 0.402. The summed E-state index contributed by atoms with van der Waals surface area (Å²) in [5, 5.41) is 7.95. The van der Waals surface area contributed by atoms with Crippen LogP contribution in [0.1, 0.15) is 52.7 Å². The number of carbonyl (C=O) groups is 4. The molecule has 194 valence electrons. The molecule has 1 atom stereocenters. The Hall–Kier alpha value is -3.89. The Labute approximate surface area is 210 Å². The van der Waals surface area contributed by atoms with Gasteiger partial charge in [-0.1, -0.05) is 24.3 Å². The maximum Gasteiger partial charge on any atom is 0.398 e. The molecule has 2 aromatic rings. The van der Waals surface area contributed by atoms with E-state index in [1.54, 1.807) is 30.3 Å². The molecule has 4 amide bonds. The van der Waals surface area contributed by atoms with Crippen LogP contribution in [0.5, 0.6) is 0 Å². The monoisotopic (exact) mass is 514 g/mol. The van der Waals surface area contributed by atoms with Gasteiger partial charge in [0.15, 0.2) is 0 Å². The number of imide groups is 1. The fraction of sp³-hybridized carbons (Fsp3) is 0.385. The van der Waals surface area contributed by atoms with Crippen molar-refractivity contribution >= 4 is 29.3 Å². The Morgan fingerprint density at radius 1 is 1.08 bits per heavy atom. The number of amides is 4. The highest BCUT2D eigenvalue weighted by atomic mass is 19.4. The Morgan fingerprint density at radius 3 is 2.46 bits per heavy atom. The third-order valence-corrected chi connectivity index (χ3v) is 7.26. The number of benzene rings is 2. The van der Waals surface area contributed by atoms with Crippen LogP contribution in [0.15, 0.2) is 42.5 Å². The van der Waals surface area contributed by atoms with Crippen molar-refractivity contribution < 1.29 is 32.3 Å². The van der Waals surface area contributed by atoms with Crippen molar-refractivity contribution in [2.45, 2.75) is 56.4 Å². The van der Waals surface area contributed by atoms with E-state index in [2.05, 4.69) is 16.0 Å². The van der Waals surface area contributed by atoms with Crippen LogP contribution < -0.4 is 16.0 Å². The van der Waals surface area contributed by atoms with Crippen LogP contribution in [-0.4, -0.2) is 47.3 Å². The van der Waals surface area contributed by atoms with Crippen LogP contribution in [0.2, 0.25) is 0 Å². The van der Waals surface area contributed by atoms with E-state index in [0.29, 0.717) is 11.3 Å². The smallest absolute Gasteiger partial charge is 0.376 e. The highest BCUT2D eigenvalue weighted by molar-refractivity contribution is 6.05. The van der Waals surface area contributed by atoms with E-state index in [1.165, 1.54) is 17.0 Å². The number of nitrogens with one attached hydrogen (secondary N) is 3. The molecule has 0 bridgehead atoms. The molecule has 8 nitrogen and oxygen atoms in total. The molecule has 2 heterocycles. The summed E-state index contributed by atoms with van der Waals surface area (Å²) >= 11 is 0. The summed E-state index contributed by atoms with van der Waals surface area (Å²) < 4.78 is 39.8. The van der Waals surface area contributed by atoms with Gasteiger partial charge in [-0.05, 0) is 54.2 Å². The zero-order valence-corrected chi connectivity index (χ0v) is 19.8. The standard InChI is InChI=1S/C26H25F3N4O4/c27-26(28,29)25(9-10-25)17-2-4-18(5-3-17)30-13-22(35)31-12-15-1-6-19-16(11-15)14-33(24(19)37)20-7-8-21(34)32-23(20)36/h1-6,11,20,30H,7-10,12-14H2,(H,31,35)(H,32,34,36)/t20-/m0/s1. The van der Waals surface area contributed by atoms with Gasteiger partial charge in [0.25, 0.3) is 5.91 Å². The second-order valence-electron chi connectivity index (χ2n) is 9.68. The van der Waals surface area contributed by atoms with Crippen molar-refractivity contribution in [2.24, 2.45) is 0 Å². The molecule has 0 radical (unpaired) electrons. The van der Waals surface area contributed by atoms with Gasteiger partial charge in [0, 0.05) is 30.8 Å². The average molecular weight is 515 g/mol. The third kappa shape index (κ3) is 4.77. The maximum atomic E-state index is 13.3. The van der Waals surface area contributed by atoms with Crippen LogP contribution >= 0.6 is 0 Å². The Kier molecular flexibility index (Phi) is 6.17. The van der Waals surface area contributed by atoms with Gasteiger partial charge in [0.2, 0.25) is 17.7 Å². The van der Waals surface area contributed by atoms with Gasteiger partial charge >= 0.3 is 6.18 Å². The number of nitrogens with zero attached hydrogens (tertiary/aromatic N) is 1. The minimum Gasteiger partial charge on any atom is -0.376 e. The topological polar surface area (TPSA) is 108 Å². The van der Waals surface area contributed by atoms with Gasteiger partial charge in [0.1, 0.15) is 6.04 Å². The van der Waals surface area contributed by atoms with E-state index in [4.69, 9.17) is 0 Å². The normalized spacial score (nSPS) is 20.4. The lowest BCUT2D eigenvalue weighted by Crippen LogP contribution is -2.52. The van der Waals surface area contributed by atoms with Crippen LogP contribution in [-0.2, 0) is 32.9 Å². The molecule has 0 spiro atoms. The van der Waals surface area contributed by atoms with Crippen molar-refractivity contribution in [1.82, 2.24) is 15.5 Å². The minimum atomic E-state index is -4.27. The Morgan fingerprint density at radius 2 is 1.81 bits per heavy atom. The molecule has 3 aliphatic rings. The number of piperidine rings is 1. The van der Waals surface area contributed by atoms with Crippen LogP contribution in [0, 0.1) is 0 Å². The van der Waals surface area contributed by atoms with E-state index >= 15 is 0 Å². The number of halogens is 3. The summed E-state index contributed by atoms with van der Waals surface area (Å²) in [6.07, 6.45) is -3.61. The summed E-state index contributed by atoms with van der Waals surface area (Å²) in [5.74, 6) is -1.39. The number of alkyl halides is 3. The van der Waals surface area contributed by atoms with Crippen molar-refractivity contribution in [3.05, 3.63) is 64.7 Å². The first kappa shape index (κ1) is 24.8. The van der Waals surface area contributed by atoms with E-state index in [-0.39, 0.29) is 68.6 Å². The predicted octanol–water partition coefficient (Wildman–Crippen LogP) is 2.77. The highest BCUT2D eigenvalue weighted by Gasteiger charge is 2.64. The van der Waals surface area contributed by atoms with Crippen LogP contribution in [0.3, 0.4) is 0 Å². The zero-order chi connectivity index (χ0) is 26.4. The first-order valence-electron chi connectivity index (χ1n) is 12.0. The minimum absolute atomic E-state index is 0.0591. The largest absolute Gasteiger partial charge is 0.398 e. The molecule has 1 saturated heterocycles.